The fourth-order valence-corrected chi connectivity index (χ4v) is 4.49. The minimum atomic E-state index is -0.696. The quantitative estimate of drug-likeness (QED) is 0.607. The van der Waals surface area contributed by atoms with E-state index >= 15 is 0 Å². The standard InChI is InChI=1S/C23H26N4O5/c28-18(24-14-6-2-1-3-7-14)12-26-20-16-8-4-5-9-17(16)32-21(20)22(30)27(23(26)31)13-19(29)25-15-10-11-15/h4-5,8-9,14-15H,1-3,6-7,10-13H2,(H,24,28)(H,25,29). The zero-order valence-corrected chi connectivity index (χ0v) is 17.8. The lowest BCUT2D eigenvalue weighted by Gasteiger charge is -2.23. The van der Waals surface area contributed by atoms with Gasteiger partial charge in [-0.05, 0) is 37.8 Å². The van der Waals surface area contributed by atoms with E-state index in [0.29, 0.717) is 11.0 Å². The summed E-state index contributed by atoms with van der Waals surface area (Å²) < 4.78 is 7.88. The molecule has 0 saturated heterocycles. The molecule has 2 saturated carbocycles. The largest absolute Gasteiger partial charge is 0.449 e. The first-order chi connectivity index (χ1) is 15.5. The molecule has 0 aliphatic heterocycles. The van der Waals surface area contributed by atoms with E-state index in [4.69, 9.17) is 4.42 Å². The molecule has 0 atom stereocenters. The zero-order valence-electron chi connectivity index (χ0n) is 17.8. The molecule has 9 nitrogen and oxygen atoms in total. The van der Waals surface area contributed by atoms with Crippen LogP contribution in [-0.2, 0) is 22.7 Å². The van der Waals surface area contributed by atoms with Gasteiger partial charge >= 0.3 is 5.69 Å². The lowest BCUT2D eigenvalue weighted by Crippen LogP contribution is -2.46. The Bertz CT molecular complexity index is 1310. The lowest BCUT2D eigenvalue weighted by atomic mass is 9.95. The predicted octanol–water partition coefficient (Wildman–Crippen LogP) is 1.64. The highest BCUT2D eigenvalue weighted by atomic mass is 16.3. The second-order valence-electron chi connectivity index (χ2n) is 8.78. The Kier molecular flexibility index (Phi) is 5.32. The number of fused-ring (bicyclic) bond motifs is 3. The number of hydrogen-bond donors (Lipinski definition) is 2. The highest BCUT2D eigenvalue weighted by Crippen LogP contribution is 2.25. The van der Waals surface area contributed by atoms with Crippen LogP contribution in [0.25, 0.3) is 22.1 Å². The van der Waals surface area contributed by atoms with Crippen molar-refractivity contribution in [2.45, 2.75) is 70.1 Å². The number of carbonyl (C=O) groups is 2. The van der Waals surface area contributed by atoms with Gasteiger partial charge < -0.3 is 15.1 Å². The summed E-state index contributed by atoms with van der Waals surface area (Å²) in [6.45, 7) is -0.661. The van der Waals surface area contributed by atoms with E-state index < -0.39 is 23.7 Å². The molecule has 5 rings (SSSR count). The van der Waals surface area contributed by atoms with E-state index in [2.05, 4.69) is 10.6 Å². The number of nitrogens with zero attached hydrogens (tertiary/aromatic N) is 2. The van der Waals surface area contributed by atoms with Gasteiger partial charge in [-0.2, -0.15) is 0 Å². The average molecular weight is 438 g/mol. The normalized spacial score (nSPS) is 17.0. The summed E-state index contributed by atoms with van der Waals surface area (Å²) in [6, 6.07) is 7.21. The van der Waals surface area contributed by atoms with Crippen LogP contribution in [-0.4, -0.2) is 33.0 Å². The molecule has 3 aromatic rings. The maximum atomic E-state index is 13.3. The van der Waals surface area contributed by atoms with Gasteiger partial charge in [0.05, 0.1) is 0 Å². The van der Waals surface area contributed by atoms with Gasteiger partial charge in [-0.25, -0.2) is 9.36 Å². The van der Waals surface area contributed by atoms with Crippen molar-refractivity contribution in [3.05, 3.63) is 45.1 Å². The van der Waals surface area contributed by atoms with Crippen molar-refractivity contribution < 1.29 is 14.0 Å². The van der Waals surface area contributed by atoms with E-state index in [9.17, 15) is 19.2 Å². The van der Waals surface area contributed by atoms with E-state index in [1.165, 1.54) is 11.0 Å². The molecule has 32 heavy (non-hydrogen) atoms. The number of rotatable bonds is 6. The van der Waals surface area contributed by atoms with Crippen molar-refractivity contribution in [1.82, 2.24) is 19.8 Å². The predicted molar refractivity (Wildman–Crippen MR) is 118 cm³/mol. The van der Waals surface area contributed by atoms with E-state index in [1.807, 2.05) is 0 Å². The maximum Gasteiger partial charge on any atom is 0.332 e. The van der Waals surface area contributed by atoms with Gasteiger partial charge in [0.1, 0.15) is 24.2 Å². The number of furan rings is 1. The van der Waals surface area contributed by atoms with Crippen molar-refractivity contribution >= 4 is 33.9 Å². The first-order valence-electron chi connectivity index (χ1n) is 11.2. The van der Waals surface area contributed by atoms with Gasteiger partial charge in [-0.15, -0.1) is 0 Å². The molecule has 2 amide bonds. The number of amides is 2. The lowest BCUT2D eigenvalue weighted by molar-refractivity contribution is -0.122. The number of benzene rings is 1. The second kappa shape index (κ2) is 8.29. The number of nitrogens with one attached hydrogen (secondary N) is 2. The van der Waals surface area contributed by atoms with Crippen molar-refractivity contribution in [3.8, 4) is 0 Å². The summed E-state index contributed by atoms with van der Waals surface area (Å²) in [5.41, 5.74) is -0.667. The van der Waals surface area contributed by atoms with Gasteiger partial charge in [0.2, 0.25) is 17.4 Å². The third-order valence-corrected chi connectivity index (χ3v) is 6.26. The minimum absolute atomic E-state index is 0.0320. The molecule has 2 N–H and O–H groups in total. The summed E-state index contributed by atoms with van der Waals surface area (Å²) in [6.07, 6.45) is 6.95. The Hall–Kier alpha value is -3.36. The third kappa shape index (κ3) is 3.94. The molecular formula is C23H26N4O5. The molecule has 168 valence electrons. The number of carbonyl (C=O) groups excluding carboxylic acids is 2. The van der Waals surface area contributed by atoms with Crippen LogP contribution >= 0.6 is 0 Å². The molecule has 9 heteroatoms. The third-order valence-electron chi connectivity index (χ3n) is 6.26. The van der Waals surface area contributed by atoms with Gasteiger partial charge in [0.25, 0.3) is 5.56 Å². The van der Waals surface area contributed by atoms with Gasteiger partial charge in [-0.3, -0.25) is 19.0 Å². The van der Waals surface area contributed by atoms with Crippen LogP contribution in [0.2, 0.25) is 0 Å². The zero-order chi connectivity index (χ0) is 22.2. The minimum Gasteiger partial charge on any atom is -0.449 e. The summed E-state index contributed by atoms with van der Waals surface area (Å²) >= 11 is 0. The van der Waals surface area contributed by atoms with Crippen molar-refractivity contribution in [2.24, 2.45) is 0 Å². The monoisotopic (exact) mass is 438 g/mol. The molecule has 2 fully saturated rings. The topological polar surface area (TPSA) is 115 Å². The van der Waals surface area contributed by atoms with Crippen molar-refractivity contribution in [1.29, 1.82) is 0 Å². The summed E-state index contributed by atoms with van der Waals surface area (Å²) in [7, 11) is 0. The fraction of sp³-hybridized carbons (Fsp3) is 0.478. The summed E-state index contributed by atoms with van der Waals surface area (Å²) in [5.74, 6) is -0.696. The van der Waals surface area contributed by atoms with Gasteiger partial charge in [0, 0.05) is 17.5 Å². The Morgan fingerprint density at radius 2 is 1.50 bits per heavy atom. The SMILES string of the molecule is O=C(Cn1c(=O)c2oc3ccccc3c2n(CC(=O)NC2CCCCC2)c1=O)NC1CC1. The molecule has 2 aliphatic carbocycles. The Morgan fingerprint density at radius 3 is 2.19 bits per heavy atom. The van der Waals surface area contributed by atoms with E-state index in [-0.39, 0.29) is 35.6 Å². The molecule has 2 aromatic heterocycles. The first kappa shape index (κ1) is 20.5. The summed E-state index contributed by atoms with van der Waals surface area (Å²) in [4.78, 5) is 51.6. The Labute approximate surface area is 183 Å². The highest BCUT2D eigenvalue weighted by molar-refractivity contribution is 6.02. The van der Waals surface area contributed by atoms with Crippen LogP contribution in [0.1, 0.15) is 44.9 Å². The molecule has 2 heterocycles. The van der Waals surface area contributed by atoms with Crippen LogP contribution in [0.3, 0.4) is 0 Å². The van der Waals surface area contributed by atoms with E-state index in [0.717, 1.165) is 43.1 Å². The molecule has 2 aliphatic rings. The highest BCUT2D eigenvalue weighted by Gasteiger charge is 2.26. The second-order valence-corrected chi connectivity index (χ2v) is 8.78. The van der Waals surface area contributed by atoms with Crippen LogP contribution in [0, 0.1) is 0 Å². The number of hydrogen-bond acceptors (Lipinski definition) is 5. The van der Waals surface area contributed by atoms with Gasteiger partial charge in [-0.1, -0.05) is 31.4 Å². The number of para-hydroxylation sites is 1. The van der Waals surface area contributed by atoms with Crippen LogP contribution in [0.15, 0.2) is 38.3 Å². The maximum absolute atomic E-state index is 13.3. The fourth-order valence-electron chi connectivity index (χ4n) is 4.49. The van der Waals surface area contributed by atoms with Crippen LogP contribution in [0.5, 0.6) is 0 Å². The number of aromatic nitrogens is 2. The smallest absolute Gasteiger partial charge is 0.332 e. The van der Waals surface area contributed by atoms with Crippen LogP contribution < -0.4 is 21.9 Å². The average Bonchev–Trinajstić information content (AvgIpc) is 3.51. The van der Waals surface area contributed by atoms with E-state index in [1.54, 1.807) is 24.3 Å². The van der Waals surface area contributed by atoms with Gasteiger partial charge in [0.15, 0.2) is 0 Å². The Morgan fingerprint density at radius 1 is 0.875 bits per heavy atom. The Balaban J connectivity index is 1.56. The molecule has 0 bridgehead atoms. The molecular weight excluding hydrogens is 412 g/mol. The summed E-state index contributed by atoms with van der Waals surface area (Å²) in [5, 5.41) is 6.38. The van der Waals surface area contributed by atoms with Crippen LogP contribution in [0.4, 0.5) is 0 Å². The molecule has 0 radical (unpaired) electrons. The molecule has 0 spiro atoms. The van der Waals surface area contributed by atoms with Crippen molar-refractivity contribution in [2.75, 3.05) is 0 Å². The molecule has 1 aromatic carbocycles. The molecule has 0 unspecified atom stereocenters. The first-order valence-corrected chi connectivity index (χ1v) is 11.2. The van der Waals surface area contributed by atoms with Crippen molar-refractivity contribution in [3.63, 3.8) is 0 Å².